The van der Waals surface area contributed by atoms with Gasteiger partial charge in [-0.15, -0.1) is 0 Å². The Morgan fingerprint density at radius 2 is 1.08 bits per heavy atom. The predicted octanol–water partition coefficient (Wildman–Crippen LogP) is 11.1. The second-order valence-electron chi connectivity index (χ2n) is 14.3. The van der Waals surface area contributed by atoms with E-state index in [1.807, 2.05) is 25.1 Å². The molecule has 0 N–H and O–H groups in total. The lowest BCUT2D eigenvalue weighted by molar-refractivity contribution is 0.588. The molecule has 1 spiro atoms. The van der Waals surface area contributed by atoms with Gasteiger partial charge in [-0.1, -0.05) is 146 Å². The second-order valence-corrected chi connectivity index (χ2v) is 14.3. The standard InChI is InChI=1S/C48H36N4/c1-29-12-11-19-42-44(29)39-27-25-35(28-43(39)48(42)40-17-9-7-15-37(40)38-16-8-10-18-41(38)48)47-51-45(33-13-5-4-6-14-33)50-46(52-47)34-23-21-32(22-24-34)36-26-20-30(2)49-31(36)3/h4-29,44H,1-3H3. The van der Waals surface area contributed by atoms with Gasteiger partial charge >= 0.3 is 0 Å². The highest BCUT2D eigenvalue weighted by molar-refractivity contribution is 5.89. The van der Waals surface area contributed by atoms with E-state index in [2.05, 4.69) is 152 Å². The summed E-state index contributed by atoms with van der Waals surface area (Å²) in [6.07, 6.45) is 7.00. The van der Waals surface area contributed by atoms with E-state index in [4.69, 9.17) is 15.0 Å². The zero-order chi connectivity index (χ0) is 35.0. The van der Waals surface area contributed by atoms with Crippen LogP contribution in [0.25, 0.3) is 56.4 Å². The molecule has 2 atom stereocenters. The number of aromatic nitrogens is 4. The highest BCUT2D eigenvalue weighted by Crippen LogP contribution is 2.66. The first-order chi connectivity index (χ1) is 25.5. The van der Waals surface area contributed by atoms with Gasteiger partial charge in [0.1, 0.15) is 0 Å². The lowest BCUT2D eigenvalue weighted by Crippen LogP contribution is -2.28. The molecule has 10 rings (SSSR count). The van der Waals surface area contributed by atoms with Crippen molar-refractivity contribution in [3.05, 3.63) is 191 Å². The predicted molar refractivity (Wildman–Crippen MR) is 210 cm³/mol. The van der Waals surface area contributed by atoms with Gasteiger partial charge in [-0.2, -0.15) is 0 Å². The van der Waals surface area contributed by atoms with E-state index < -0.39 is 0 Å². The molecule has 4 nitrogen and oxygen atoms in total. The van der Waals surface area contributed by atoms with Gasteiger partial charge in [-0.3, -0.25) is 4.98 Å². The van der Waals surface area contributed by atoms with Crippen LogP contribution in [-0.4, -0.2) is 19.9 Å². The molecular formula is C48H36N4. The van der Waals surface area contributed by atoms with E-state index in [1.54, 1.807) is 0 Å². The van der Waals surface area contributed by atoms with E-state index >= 15 is 0 Å². The molecule has 7 aromatic rings. The largest absolute Gasteiger partial charge is 0.258 e. The molecule has 52 heavy (non-hydrogen) atoms. The fourth-order valence-electron chi connectivity index (χ4n) is 9.07. The molecule has 0 radical (unpaired) electrons. The number of hydrogen-bond donors (Lipinski definition) is 0. The Bertz CT molecular complexity index is 2570. The molecule has 0 aliphatic heterocycles. The smallest absolute Gasteiger partial charge is 0.164 e. The Labute approximate surface area is 304 Å². The molecule has 0 saturated heterocycles. The number of nitrogens with zero attached hydrogens (tertiary/aromatic N) is 4. The van der Waals surface area contributed by atoms with E-state index in [1.165, 1.54) is 39.0 Å². The summed E-state index contributed by atoms with van der Waals surface area (Å²) in [7, 11) is 0. The SMILES string of the molecule is Cc1ccc(-c2ccc(-c3nc(-c4ccccc4)nc(-c4ccc5c(c4)C4(C6=CC=CC(C)C65)c5ccccc5-c5ccccc54)n3)cc2)c(C)n1. The van der Waals surface area contributed by atoms with Crippen molar-refractivity contribution in [2.24, 2.45) is 5.92 Å². The van der Waals surface area contributed by atoms with Crippen molar-refractivity contribution in [2.75, 3.05) is 0 Å². The summed E-state index contributed by atoms with van der Waals surface area (Å²) in [5.41, 5.74) is 16.3. The van der Waals surface area contributed by atoms with Gasteiger partial charge in [0.2, 0.25) is 0 Å². The second kappa shape index (κ2) is 11.6. The summed E-state index contributed by atoms with van der Waals surface area (Å²) in [4.78, 5) is 20.1. The Balaban J connectivity index is 1.17. The molecular weight excluding hydrogens is 633 g/mol. The lowest BCUT2D eigenvalue weighted by atomic mass is 9.67. The van der Waals surface area contributed by atoms with Crippen LogP contribution in [0.5, 0.6) is 0 Å². The summed E-state index contributed by atoms with van der Waals surface area (Å²) in [6, 6.07) is 47.8. The van der Waals surface area contributed by atoms with Crippen LogP contribution in [0.4, 0.5) is 0 Å². The number of benzene rings is 5. The summed E-state index contributed by atoms with van der Waals surface area (Å²) >= 11 is 0. The summed E-state index contributed by atoms with van der Waals surface area (Å²) < 4.78 is 0. The summed E-state index contributed by atoms with van der Waals surface area (Å²) in [5, 5.41) is 0. The van der Waals surface area contributed by atoms with Crippen LogP contribution in [-0.2, 0) is 5.41 Å². The third-order valence-corrected chi connectivity index (χ3v) is 11.3. The fourth-order valence-corrected chi connectivity index (χ4v) is 9.07. The zero-order valence-corrected chi connectivity index (χ0v) is 29.4. The maximum absolute atomic E-state index is 5.20. The number of hydrogen-bond acceptors (Lipinski definition) is 4. The quantitative estimate of drug-likeness (QED) is 0.187. The van der Waals surface area contributed by atoms with Gasteiger partial charge in [-0.05, 0) is 76.4 Å². The molecule has 0 bridgehead atoms. The maximum Gasteiger partial charge on any atom is 0.164 e. The van der Waals surface area contributed by atoms with Gasteiger partial charge in [-0.25, -0.2) is 15.0 Å². The Morgan fingerprint density at radius 1 is 0.500 bits per heavy atom. The summed E-state index contributed by atoms with van der Waals surface area (Å²) in [5.74, 6) is 2.63. The van der Waals surface area contributed by atoms with Gasteiger partial charge in [0, 0.05) is 39.6 Å². The molecule has 0 fully saturated rings. The molecule has 3 aliphatic carbocycles. The normalized spacial score (nSPS) is 17.3. The zero-order valence-electron chi connectivity index (χ0n) is 29.4. The van der Waals surface area contributed by atoms with Crippen molar-refractivity contribution in [3.8, 4) is 56.4 Å². The first-order valence-electron chi connectivity index (χ1n) is 18.1. The molecule has 248 valence electrons. The number of allylic oxidation sites excluding steroid dienone is 4. The van der Waals surface area contributed by atoms with Crippen molar-refractivity contribution < 1.29 is 0 Å². The molecule has 5 aromatic carbocycles. The molecule has 4 heteroatoms. The monoisotopic (exact) mass is 668 g/mol. The Kier molecular flexibility index (Phi) is 6.84. The van der Waals surface area contributed by atoms with Crippen LogP contribution < -0.4 is 0 Å². The topological polar surface area (TPSA) is 51.6 Å². The van der Waals surface area contributed by atoms with Crippen molar-refractivity contribution in [1.29, 1.82) is 0 Å². The number of rotatable bonds is 4. The average molecular weight is 669 g/mol. The van der Waals surface area contributed by atoms with Crippen LogP contribution in [0, 0.1) is 19.8 Å². The van der Waals surface area contributed by atoms with Crippen LogP contribution in [0.1, 0.15) is 46.5 Å². The maximum atomic E-state index is 5.20. The average Bonchev–Trinajstić information content (AvgIpc) is 3.66. The van der Waals surface area contributed by atoms with Crippen LogP contribution in [0.15, 0.2) is 157 Å². The first-order valence-corrected chi connectivity index (χ1v) is 18.1. The van der Waals surface area contributed by atoms with Crippen molar-refractivity contribution in [3.63, 3.8) is 0 Å². The molecule has 0 saturated carbocycles. The van der Waals surface area contributed by atoms with Crippen molar-refractivity contribution in [1.82, 2.24) is 19.9 Å². The van der Waals surface area contributed by atoms with Gasteiger partial charge in [0.25, 0.3) is 0 Å². The minimum absolute atomic E-state index is 0.285. The van der Waals surface area contributed by atoms with Gasteiger partial charge < -0.3 is 0 Å². The molecule has 2 unspecified atom stereocenters. The molecule has 3 aliphatic rings. The molecule has 2 aromatic heterocycles. The highest BCUT2D eigenvalue weighted by Gasteiger charge is 2.56. The van der Waals surface area contributed by atoms with E-state index in [0.717, 1.165) is 39.2 Å². The Morgan fingerprint density at radius 3 is 1.75 bits per heavy atom. The summed E-state index contributed by atoms with van der Waals surface area (Å²) in [6.45, 7) is 6.44. The van der Waals surface area contributed by atoms with Gasteiger partial charge in [0.05, 0.1) is 5.41 Å². The first kappa shape index (κ1) is 30.6. The van der Waals surface area contributed by atoms with E-state index in [0.29, 0.717) is 23.4 Å². The van der Waals surface area contributed by atoms with E-state index in [-0.39, 0.29) is 11.3 Å². The lowest BCUT2D eigenvalue weighted by Gasteiger charge is -2.34. The molecule has 0 amide bonds. The Hall–Kier alpha value is -6.26. The highest BCUT2D eigenvalue weighted by atomic mass is 15.0. The minimum atomic E-state index is -0.390. The van der Waals surface area contributed by atoms with Crippen LogP contribution >= 0.6 is 0 Å². The number of pyridine rings is 1. The van der Waals surface area contributed by atoms with Crippen LogP contribution in [0.3, 0.4) is 0 Å². The third kappa shape index (κ3) is 4.47. The van der Waals surface area contributed by atoms with Crippen LogP contribution in [0.2, 0.25) is 0 Å². The van der Waals surface area contributed by atoms with Crippen molar-refractivity contribution in [2.45, 2.75) is 32.1 Å². The van der Waals surface area contributed by atoms with Gasteiger partial charge in [0.15, 0.2) is 17.5 Å². The number of aryl methyl sites for hydroxylation is 2. The van der Waals surface area contributed by atoms with Crippen molar-refractivity contribution >= 4 is 0 Å². The minimum Gasteiger partial charge on any atom is -0.258 e. The third-order valence-electron chi connectivity index (χ3n) is 11.3. The fraction of sp³-hybridized carbons (Fsp3) is 0.125. The van der Waals surface area contributed by atoms with E-state index in [9.17, 15) is 0 Å². The number of fused-ring (bicyclic) bond motifs is 10. The molecule has 2 heterocycles.